The normalized spacial score (nSPS) is 13.9. The fourth-order valence-electron chi connectivity index (χ4n) is 2.75. The minimum Gasteiger partial charge on any atom is -0.508 e. The van der Waals surface area contributed by atoms with E-state index in [-0.39, 0.29) is 11.3 Å². The van der Waals surface area contributed by atoms with Crippen molar-refractivity contribution in [1.82, 2.24) is 4.90 Å². The molecule has 0 spiro atoms. The second-order valence-electron chi connectivity index (χ2n) is 5.09. The highest BCUT2D eigenvalue weighted by atomic mass is 16.3. The molecule has 0 aliphatic carbocycles. The summed E-state index contributed by atoms with van der Waals surface area (Å²) in [5, 5.41) is 20.0. The van der Waals surface area contributed by atoms with Gasteiger partial charge in [-0.2, -0.15) is 0 Å². The van der Waals surface area contributed by atoms with E-state index < -0.39 is 6.10 Å². The monoisotopic (exact) mass is 251 g/mol. The van der Waals surface area contributed by atoms with Gasteiger partial charge in [0.15, 0.2) is 0 Å². The molecule has 0 bridgehead atoms. The van der Waals surface area contributed by atoms with Crippen LogP contribution in [0.4, 0.5) is 0 Å². The van der Waals surface area contributed by atoms with Crippen LogP contribution in [0.25, 0.3) is 0 Å². The molecule has 0 aliphatic rings. The molecule has 0 saturated carbocycles. The molecule has 1 atom stereocenters. The van der Waals surface area contributed by atoms with E-state index in [2.05, 4.69) is 18.7 Å². The van der Waals surface area contributed by atoms with Crippen molar-refractivity contribution in [1.29, 1.82) is 0 Å². The molecule has 1 aromatic rings. The molecule has 0 aliphatic heterocycles. The summed E-state index contributed by atoms with van der Waals surface area (Å²) in [7, 11) is 4.03. The van der Waals surface area contributed by atoms with Gasteiger partial charge >= 0.3 is 0 Å². The average molecular weight is 251 g/mol. The maximum atomic E-state index is 10.6. The van der Waals surface area contributed by atoms with E-state index >= 15 is 0 Å². The van der Waals surface area contributed by atoms with Crippen molar-refractivity contribution >= 4 is 0 Å². The van der Waals surface area contributed by atoms with Crippen LogP contribution in [-0.4, -0.2) is 40.9 Å². The van der Waals surface area contributed by atoms with Gasteiger partial charge in [-0.1, -0.05) is 26.0 Å². The fraction of sp³-hybridized carbons (Fsp3) is 0.600. The molecule has 0 radical (unpaired) electrons. The summed E-state index contributed by atoms with van der Waals surface area (Å²) in [6.45, 7) is 4.21. The van der Waals surface area contributed by atoms with Gasteiger partial charge in [0.1, 0.15) is 5.75 Å². The number of aromatic hydroxyl groups is 1. The molecule has 2 N–H and O–H groups in total. The van der Waals surface area contributed by atoms with Crippen LogP contribution in [0.3, 0.4) is 0 Å². The van der Waals surface area contributed by atoms with Gasteiger partial charge < -0.3 is 15.1 Å². The lowest BCUT2D eigenvalue weighted by atomic mass is 9.82. The summed E-state index contributed by atoms with van der Waals surface area (Å²) >= 11 is 0. The van der Waals surface area contributed by atoms with Crippen molar-refractivity contribution in [3.63, 3.8) is 0 Å². The third-order valence-corrected chi connectivity index (χ3v) is 4.08. The van der Waals surface area contributed by atoms with Gasteiger partial charge in [0, 0.05) is 12.0 Å². The van der Waals surface area contributed by atoms with Crippen molar-refractivity contribution in [3.8, 4) is 5.75 Å². The highest BCUT2D eigenvalue weighted by Crippen LogP contribution is 2.28. The Morgan fingerprint density at radius 3 is 2.28 bits per heavy atom. The van der Waals surface area contributed by atoms with Crippen LogP contribution in [0, 0.1) is 0 Å². The highest BCUT2D eigenvalue weighted by Gasteiger charge is 2.36. The van der Waals surface area contributed by atoms with Gasteiger partial charge in [0.05, 0.1) is 6.10 Å². The summed E-state index contributed by atoms with van der Waals surface area (Å²) in [5.74, 6) is 0.253. The first-order chi connectivity index (χ1) is 8.46. The minimum absolute atomic E-state index is 0.203. The van der Waals surface area contributed by atoms with Gasteiger partial charge in [-0.05, 0) is 44.6 Å². The first-order valence-corrected chi connectivity index (χ1v) is 6.59. The van der Waals surface area contributed by atoms with Crippen molar-refractivity contribution in [2.45, 2.75) is 44.8 Å². The first kappa shape index (κ1) is 15.0. The molecule has 1 unspecified atom stereocenters. The Morgan fingerprint density at radius 1 is 1.22 bits per heavy atom. The van der Waals surface area contributed by atoms with Crippen LogP contribution in [0.15, 0.2) is 24.3 Å². The zero-order valence-electron chi connectivity index (χ0n) is 11.8. The second kappa shape index (κ2) is 6.21. The molecule has 0 fully saturated rings. The summed E-state index contributed by atoms with van der Waals surface area (Å²) in [6, 6.07) is 7.12. The van der Waals surface area contributed by atoms with Gasteiger partial charge in [-0.15, -0.1) is 0 Å². The summed E-state index contributed by atoms with van der Waals surface area (Å²) in [6.07, 6.45) is 1.92. The predicted octanol–water partition coefficient (Wildman–Crippen LogP) is 2.42. The molecule has 0 amide bonds. The second-order valence-corrected chi connectivity index (χ2v) is 5.09. The summed E-state index contributed by atoms with van der Waals surface area (Å²) in [4.78, 5) is 2.11. The minimum atomic E-state index is -0.440. The van der Waals surface area contributed by atoms with E-state index in [1.807, 2.05) is 26.2 Å². The lowest BCUT2D eigenvalue weighted by molar-refractivity contribution is -0.0125. The molecular weight excluding hydrogens is 226 g/mol. The summed E-state index contributed by atoms with van der Waals surface area (Å²) in [5.41, 5.74) is 0.765. The Bertz CT molecular complexity index is 373. The van der Waals surface area contributed by atoms with Crippen LogP contribution in [0.2, 0.25) is 0 Å². The average Bonchev–Trinajstić information content (AvgIpc) is 2.30. The number of rotatable bonds is 6. The van der Waals surface area contributed by atoms with E-state index in [9.17, 15) is 10.2 Å². The number of hydrogen-bond donors (Lipinski definition) is 2. The smallest absolute Gasteiger partial charge is 0.115 e. The topological polar surface area (TPSA) is 43.7 Å². The largest absolute Gasteiger partial charge is 0.508 e. The third kappa shape index (κ3) is 3.03. The quantitative estimate of drug-likeness (QED) is 0.816. The fourth-order valence-corrected chi connectivity index (χ4v) is 2.75. The van der Waals surface area contributed by atoms with Crippen molar-refractivity contribution in [2.75, 3.05) is 14.1 Å². The van der Waals surface area contributed by atoms with Gasteiger partial charge in [0.2, 0.25) is 0 Å². The molecule has 3 nitrogen and oxygen atoms in total. The Balaban J connectivity index is 2.88. The van der Waals surface area contributed by atoms with E-state index in [0.29, 0.717) is 6.42 Å². The van der Waals surface area contributed by atoms with E-state index in [0.717, 1.165) is 18.4 Å². The first-order valence-electron chi connectivity index (χ1n) is 6.59. The number of aliphatic hydroxyl groups excluding tert-OH is 1. The molecule has 0 aromatic heterocycles. The van der Waals surface area contributed by atoms with E-state index in [1.54, 1.807) is 12.1 Å². The van der Waals surface area contributed by atoms with E-state index in [1.165, 1.54) is 0 Å². The Kier molecular flexibility index (Phi) is 5.17. The van der Waals surface area contributed by atoms with Gasteiger partial charge in [0.25, 0.3) is 0 Å². The van der Waals surface area contributed by atoms with Crippen molar-refractivity contribution < 1.29 is 10.2 Å². The molecule has 1 rings (SSSR count). The number of likely N-dealkylation sites (N-methyl/N-ethyl adjacent to an activating group) is 1. The third-order valence-electron chi connectivity index (χ3n) is 4.08. The lowest BCUT2D eigenvalue weighted by Crippen LogP contribution is -2.53. The summed E-state index contributed by atoms with van der Waals surface area (Å²) < 4.78 is 0. The Hall–Kier alpha value is -1.06. The molecule has 1 aromatic carbocycles. The predicted molar refractivity (Wildman–Crippen MR) is 74.8 cm³/mol. The maximum absolute atomic E-state index is 10.6. The number of phenolic OH excluding ortho intramolecular Hbond substituents is 1. The van der Waals surface area contributed by atoms with Crippen LogP contribution in [0.5, 0.6) is 5.75 Å². The molecular formula is C15H25NO2. The zero-order chi connectivity index (χ0) is 13.8. The number of phenols is 1. The van der Waals surface area contributed by atoms with Crippen LogP contribution >= 0.6 is 0 Å². The molecule has 18 heavy (non-hydrogen) atoms. The molecule has 3 heteroatoms. The van der Waals surface area contributed by atoms with Crippen LogP contribution in [-0.2, 0) is 6.42 Å². The van der Waals surface area contributed by atoms with Gasteiger partial charge in [-0.25, -0.2) is 0 Å². The highest BCUT2D eigenvalue weighted by molar-refractivity contribution is 5.28. The van der Waals surface area contributed by atoms with Crippen molar-refractivity contribution in [3.05, 3.63) is 29.8 Å². The van der Waals surface area contributed by atoms with E-state index in [4.69, 9.17) is 0 Å². The number of nitrogens with zero attached hydrogens (tertiary/aromatic N) is 1. The number of benzene rings is 1. The van der Waals surface area contributed by atoms with Crippen LogP contribution in [0.1, 0.15) is 32.3 Å². The Morgan fingerprint density at radius 2 is 1.83 bits per heavy atom. The van der Waals surface area contributed by atoms with Crippen molar-refractivity contribution in [2.24, 2.45) is 0 Å². The zero-order valence-corrected chi connectivity index (χ0v) is 11.8. The Labute approximate surface area is 110 Å². The number of hydrogen-bond acceptors (Lipinski definition) is 3. The maximum Gasteiger partial charge on any atom is 0.115 e. The van der Waals surface area contributed by atoms with Gasteiger partial charge in [-0.3, -0.25) is 0 Å². The number of aliphatic hydroxyl groups is 1. The lowest BCUT2D eigenvalue weighted by Gasteiger charge is -2.42. The SMILES string of the molecule is CCC(CC)(C(O)Cc1cccc(O)c1)N(C)C. The molecule has 102 valence electrons. The molecule has 0 saturated heterocycles. The molecule has 0 heterocycles. The standard InChI is InChI=1S/C15H25NO2/c1-5-15(6-2,16(3)4)14(18)11-12-8-7-9-13(17)10-12/h7-10,14,17-18H,5-6,11H2,1-4H3. The van der Waals surface area contributed by atoms with Crippen LogP contribution < -0.4 is 0 Å².